The first-order chi connectivity index (χ1) is 12.4. The average Bonchev–Trinajstić information content (AvgIpc) is 2.88. The molecule has 0 aromatic heterocycles. The second-order valence-corrected chi connectivity index (χ2v) is 6.71. The molecule has 26 heavy (non-hydrogen) atoms. The van der Waals surface area contributed by atoms with E-state index in [9.17, 15) is 19.8 Å². The lowest BCUT2D eigenvalue weighted by Crippen LogP contribution is -2.63. The number of hydrogen-bond acceptors (Lipinski definition) is 6. The Morgan fingerprint density at radius 1 is 1.31 bits per heavy atom. The highest BCUT2D eigenvalue weighted by molar-refractivity contribution is 6.00. The predicted octanol–water partition coefficient (Wildman–Crippen LogP) is 0.842. The van der Waals surface area contributed by atoms with Crippen molar-refractivity contribution in [3.63, 3.8) is 0 Å². The number of ether oxygens (including phenoxy) is 2. The largest absolute Gasteiger partial charge is 0.497 e. The van der Waals surface area contributed by atoms with Gasteiger partial charge in [0, 0.05) is 5.92 Å². The van der Waals surface area contributed by atoms with Crippen molar-refractivity contribution < 1.29 is 29.3 Å². The third-order valence-electron chi connectivity index (χ3n) is 5.21. The minimum absolute atomic E-state index is 0.0476. The molecule has 0 bridgehead atoms. The number of aliphatic hydroxyl groups is 2. The molecule has 2 aliphatic rings. The van der Waals surface area contributed by atoms with Crippen LogP contribution in [-0.4, -0.2) is 52.9 Å². The van der Waals surface area contributed by atoms with Crippen LogP contribution >= 0.6 is 0 Å². The molecule has 1 amide bonds. The minimum atomic E-state index is -0.805. The Bertz CT molecular complexity index is 739. The fraction of sp³-hybridized carbons (Fsp3) is 0.474. The van der Waals surface area contributed by atoms with E-state index in [1.165, 1.54) is 4.90 Å². The van der Waals surface area contributed by atoms with Gasteiger partial charge in [-0.3, -0.25) is 4.79 Å². The van der Waals surface area contributed by atoms with E-state index in [2.05, 4.69) is 0 Å². The summed E-state index contributed by atoms with van der Waals surface area (Å²) in [5.41, 5.74) is 1.37. The van der Waals surface area contributed by atoms with E-state index in [4.69, 9.17) is 9.47 Å². The van der Waals surface area contributed by atoms with Crippen LogP contribution in [0.1, 0.15) is 19.4 Å². The smallest absolute Gasteiger partial charge is 0.355 e. The molecular weight excluding hydrogens is 338 g/mol. The Kier molecular flexibility index (Phi) is 5.02. The summed E-state index contributed by atoms with van der Waals surface area (Å²) >= 11 is 0. The van der Waals surface area contributed by atoms with Gasteiger partial charge in [-0.05, 0) is 30.2 Å². The molecule has 1 saturated heterocycles. The number of carbonyl (C=O) groups excluding carboxylic acids is 2. The summed E-state index contributed by atoms with van der Waals surface area (Å²) in [6.45, 7) is 3.12. The van der Waals surface area contributed by atoms with Crippen LogP contribution in [0.2, 0.25) is 0 Å². The molecular formula is C19H23NO6. The lowest BCUT2D eigenvalue weighted by molar-refractivity contribution is -0.164. The van der Waals surface area contributed by atoms with Crippen LogP contribution in [0.25, 0.3) is 0 Å². The molecule has 1 unspecified atom stereocenters. The highest BCUT2D eigenvalue weighted by Crippen LogP contribution is 2.47. The molecule has 0 aliphatic carbocycles. The van der Waals surface area contributed by atoms with E-state index in [1.54, 1.807) is 38.3 Å². The van der Waals surface area contributed by atoms with Crippen molar-refractivity contribution in [3.05, 3.63) is 41.1 Å². The van der Waals surface area contributed by atoms with E-state index in [0.717, 1.165) is 5.56 Å². The average molecular weight is 361 g/mol. The highest BCUT2D eigenvalue weighted by Gasteiger charge is 2.59. The number of methoxy groups -OCH3 is 1. The number of aliphatic hydroxyl groups excluding tert-OH is 2. The predicted molar refractivity (Wildman–Crippen MR) is 91.9 cm³/mol. The van der Waals surface area contributed by atoms with Crippen molar-refractivity contribution in [1.29, 1.82) is 0 Å². The fourth-order valence-corrected chi connectivity index (χ4v) is 3.78. The number of carbonyl (C=O) groups is 2. The highest BCUT2D eigenvalue weighted by atomic mass is 16.5. The summed E-state index contributed by atoms with van der Waals surface area (Å²) in [4.78, 5) is 26.3. The Hall–Kier alpha value is -2.38. The van der Waals surface area contributed by atoms with Gasteiger partial charge in [-0.1, -0.05) is 19.1 Å². The molecule has 2 N–H and O–H groups in total. The summed E-state index contributed by atoms with van der Waals surface area (Å²) in [5, 5.41) is 19.5. The normalized spacial score (nSPS) is 25.7. The molecule has 0 spiro atoms. The van der Waals surface area contributed by atoms with Crippen LogP contribution in [-0.2, 0) is 20.9 Å². The number of β-lactam (4-membered cyclic amide) rings is 1. The number of nitrogens with zero attached hydrogens (tertiary/aromatic N) is 1. The van der Waals surface area contributed by atoms with Crippen LogP contribution in [0.15, 0.2) is 35.5 Å². The first kappa shape index (κ1) is 18.4. The van der Waals surface area contributed by atoms with Crippen molar-refractivity contribution in [2.24, 2.45) is 11.8 Å². The van der Waals surface area contributed by atoms with Gasteiger partial charge < -0.3 is 24.6 Å². The lowest BCUT2D eigenvalue weighted by atomic mass is 9.78. The number of esters is 1. The van der Waals surface area contributed by atoms with E-state index in [-0.39, 0.29) is 36.8 Å². The number of benzene rings is 1. The van der Waals surface area contributed by atoms with Gasteiger partial charge in [-0.25, -0.2) is 4.79 Å². The SMILES string of the molecule is COc1ccc(COC(=O)C2=C(CO)[C@H](C)[C@H]3[C@@H](C(C)O)C(=O)N23)cc1. The zero-order valence-corrected chi connectivity index (χ0v) is 15.0. The quantitative estimate of drug-likeness (QED) is 0.576. The second kappa shape index (κ2) is 7.09. The molecule has 1 fully saturated rings. The Labute approximate surface area is 151 Å². The van der Waals surface area contributed by atoms with Crippen LogP contribution in [0, 0.1) is 11.8 Å². The van der Waals surface area contributed by atoms with E-state index >= 15 is 0 Å². The van der Waals surface area contributed by atoms with Gasteiger partial charge in [0.15, 0.2) is 0 Å². The molecule has 1 aromatic carbocycles. The second-order valence-electron chi connectivity index (χ2n) is 6.71. The van der Waals surface area contributed by atoms with Crippen molar-refractivity contribution in [2.75, 3.05) is 13.7 Å². The molecule has 1 aromatic rings. The molecule has 2 heterocycles. The van der Waals surface area contributed by atoms with Crippen LogP contribution in [0.5, 0.6) is 5.75 Å². The molecule has 7 heteroatoms. The summed E-state index contributed by atoms with van der Waals surface area (Å²) in [5.74, 6) is -1.01. The van der Waals surface area contributed by atoms with E-state index in [1.807, 2.05) is 6.92 Å². The zero-order valence-electron chi connectivity index (χ0n) is 15.0. The molecule has 0 radical (unpaired) electrons. The number of hydrogen-bond donors (Lipinski definition) is 2. The van der Waals surface area contributed by atoms with Crippen molar-refractivity contribution in [3.8, 4) is 5.75 Å². The monoisotopic (exact) mass is 361 g/mol. The summed E-state index contributed by atoms with van der Waals surface area (Å²) in [6.07, 6.45) is -0.805. The first-order valence-electron chi connectivity index (χ1n) is 8.55. The van der Waals surface area contributed by atoms with Gasteiger partial charge >= 0.3 is 5.97 Å². The summed E-state index contributed by atoms with van der Waals surface area (Å²) in [6, 6.07) is 6.79. The van der Waals surface area contributed by atoms with E-state index in [0.29, 0.717) is 11.3 Å². The number of amides is 1. The van der Waals surface area contributed by atoms with Gasteiger partial charge in [0.1, 0.15) is 18.1 Å². The zero-order chi connectivity index (χ0) is 19.0. The van der Waals surface area contributed by atoms with Gasteiger partial charge in [-0.2, -0.15) is 0 Å². The molecule has 7 nitrogen and oxygen atoms in total. The molecule has 140 valence electrons. The lowest BCUT2D eigenvalue weighted by Gasteiger charge is -2.46. The first-order valence-corrected chi connectivity index (χ1v) is 8.55. The van der Waals surface area contributed by atoms with Crippen molar-refractivity contribution >= 4 is 11.9 Å². The van der Waals surface area contributed by atoms with Crippen LogP contribution < -0.4 is 4.74 Å². The molecule has 4 atom stereocenters. The third-order valence-corrected chi connectivity index (χ3v) is 5.21. The van der Waals surface area contributed by atoms with Gasteiger partial charge in [0.25, 0.3) is 0 Å². The maximum Gasteiger partial charge on any atom is 0.355 e. The maximum atomic E-state index is 12.6. The van der Waals surface area contributed by atoms with Gasteiger partial charge in [0.2, 0.25) is 5.91 Å². The minimum Gasteiger partial charge on any atom is -0.497 e. The van der Waals surface area contributed by atoms with Crippen molar-refractivity contribution in [2.45, 2.75) is 32.6 Å². The number of rotatable bonds is 6. The summed E-state index contributed by atoms with van der Waals surface area (Å²) in [7, 11) is 1.57. The van der Waals surface area contributed by atoms with Crippen LogP contribution in [0.3, 0.4) is 0 Å². The van der Waals surface area contributed by atoms with Gasteiger partial charge in [-0.15, -0.1) is 0 Å². The number of fused-ring (bicyclic) bond motifs is 1. The van der Waals surface area contributed by atoms with Crippen LogP contribution in [0.4, 0.5) is 0 Å². The Balaban J connectivity index is 1.74. The van der Waals surface area contributed by atoms with E-state index < -0.39 is 18.0 Å². The Morgan fingerprint density at radius 3 is 2.50 bits per heavy atom. The maximum absolute atomic E-state index is 12.6. The molecule has 3 rings (SSSR count). The molecule has 0 saturated carbocycles. The fourth-order valence-electron chi connectivity index (χ4n) is 3.78. The third kappa shape index (κ3) is 2.87. The van der Waals surface area contributed by atoms with Crippen molar-refractivity contribution in [1.82, 2.24) is 4.90 Å². The summed E-state index contributed by atoms with van der Waals surface area (Å²) < 4.78 is 10.4. The molecule has 2 aliphatic heterocycles. The van der Waals surface area contributed by atoms with Gasteiger partial charge in [0.05, 0.1) is 31.8 Å². The standard InChI is InChI=1S/C19H23NO6/c1-10-14(8-21)17(20-16(10)15(11(2)22)18(20)23)19(24)26-9-12-4-6-13(25-3)7-5-12/h4-7,10-11,15-16,21-22H,8-9H2,1-3H3/t10-,11?,15+,16-/m0/s1. The topological polar surface area (TPSA) is 96.3 Å². The Morgan fingerprint density at radius 2 is 1.96 bits per heavy atom.